The Hall–Kier alpha value is -2.35. The summed E-state index contributed by atoms with van der Waals surface area (Å²) in [6.07, 6.45) is 2.92. The highest BCUT2D eigenvalue weighted by Crippen LogP contribution is 2.33. The number of hydrogen-bond acceptors (Lipinski definition) is 5. The van der Waals surface area contributed by atoms with Crippen LogP contribution in [0.5, 0.6) is 0 Å². The van der Waals surface area contributed by atoms with Crippen LogP contribution >= 0.6 is 0 Å². The molecule has 162 valence electrons. The van der Waals surface area contributed by atoms with Crippen molar-refractivity contribution < 1.29 is 13.6 Å². The van der Waals surface area contributed by atoms with Crippen molar-refractivity contribution in [2.75, 3.05) is 38.1 Å². The van der Waals surface area contributed by atoms with Crippen molar-refractivity contribution in [3.8, 4) is 0 Å². The van der Waals surface area contributed by atoms with Crippen LogP contribution in [0.3, 0.4) is 0 Å². The molecule has 0 spiro atoms. The molecule has 0 radical (unpaired) electrons. The Morgan fingerprint density at radius 2 is 1.97 bits per heavy atom. The Labute approximate surface area is 175 Å². The van der Waals surface area contributed by atoms with Gasteiger partial charge in [-0.2, -0.15) is 0 Å². The molecule has 30 heavy (non-hydrogen) atoms. The molecule has 0 bridgehead atoms. The molecule has 1 aromatic carbocycles. The van der Waals surface area contributed by atoms with E-state index in [0.29, 0.717) is 30.3 Å². The van der Waals surface area contributed by atoms with Gasteiger partial charge in [0.05, 0.1) is 11.2 Å². The third-order valence-corrected chi connectivity index (χ3v) is 6.20. The lowest BCUT2D eigenvalue weighted by Crippen LogP contribution is -2.50. The molecule has 0 aliphatic carbocycles. The zero-order valence-electron chi connectivity index (χ0n) is 17.5. The summed E-state index contributed by atoms with van der Waals surface area (Å²) in [4.78, 5) is 25.5. The number of benzene rings is 1. The summed E-state index contributed by atoms with van der Waals surface area (Å²) in [5, 5.41) is 3.21. The van der Waals surface area contributed by atoms with E-state index in [9.17, 15) is 13.6 Å². The van der Waals surface area contributed by atoms with Gasteiger partial charge in [-0.3, -0.25) is 14.8 Å². The van der Waals surface area contributed by atoms with E-state index in [1.165, 1.54) is 18.5 Å². The van der Waals surface area contributed by atoms with Gasteiger partial charge in [0.15, 0.2) is 0 Å². The largest absolute Gasteiger partial charge is 0.367 e. The van der Waals surface area contributed by atoms with Gasteiger partial charge in [0.25, 0.3) is 6.43 Å². The molecule has 1 N–H and O–H groups in total. The second-order valence-electron chi connectivity index (χ2n) is 8.86. The van der Waals surface area contributed by atoms with Gasteiger partial charge < -0.3 is 15.1 Å². The Balaban J connectivity index is 1.50. The number of rotatable bonds is 5. The Kier molecular flexibility index (Phi) is 6.13. The second kappa shape index (κ2) is 8.79. The summed E-state index contributed by atoms with van der Waals surface area (Å²) in [5.74, 6) is 0.892. The molecule has 1 aromatic heterocycles. The molecule has 1 amide bonds. The maximum atomic E-state index is 13.4. The molecule has 2 aromatic rings. The molecular weight excluding hydrogens is 388 g/mol. The van der Waals surface area contributed by atoms with Gasteiger partial charge in [0, 0.05) is 50.1 Å². The lowest BCUT2D eigenvalue weighted by molar-refractivity contribution is -0.122. The summed E-state index contributed by atoms with van der Waals surface area (Å²) < 4.78 is 26.8. The first kappa shape index (κ1) is 20.9. The Morgan fingerprint density at radius 3 is 2.67 bits per heavy atom. The fourth-order valence-corrected chi connectivity index (χ4v) is 4.89. The van der Waals surface area contributed by atoms with Crippen LogP contribution in [0, 0.1) is 11.8 Å². The summed E-state index contributed by atoms with van der Waals surface area (Å²) >= 11 is 0. The van der Waals surface area contributed by atoms with Crippen molar-refractivity contribution in [2.45, 2.75) is 38.7 Å². The third kappa shape index (κ3) is 4.53. The lowest BCUT2D eigenvalue weighted by Gasteiger charge is -2.38. The predicted molar refractivity (Wildman–Crippen MR) is 113 cm³/mol. The van der Waals surface area contributed by atoms with Crippen LogP contribution in [0.25, 0.3) is 11.0 Å². The molecule has 2 aliphatic heterocycles. The molecule has 6 nitrogen and oxygen atoms in total. The number of carbonyl (C=O) groups excluding carboxylic acids is 1. The number of fused-ring (bicyclic) bond motifs is 1. The van der Waals surface area contributed by atoms with Gasteiger partial charge >= 0.3 is 0 Å². The van der Waals surface area contributed by atoms with E-state index < -0.39 is 6.43 Å². The van der Waals surface area contributed by atoms with Crippen molar-refractivity contribution >= 4 is 22.6 Å². The normalized spacial score (nSPS) is 25.2. The molecule has 2 fully saturated rings. The average Bonchev–Trinajstić information content (AvgIpc) is 3.10. The third-order valence-electron chi connectivity index (χ3n) is 6.20. The van der Waals surface area contributed by atoms with E-state index in [2.05, 4.69) is 39.1 Å². The highest BCUT2D eigenvalue weighted by molar-refractivity contribution is 5.90. The number of aromatic nitrogens is 2. The van der Waals surface area contributed by atoms with Crippen LogP contribution < -0.4 is 10.2 Å². The summed E-state index contributed by atoms with van der Waals surface area (Å²) in [6.45, 7) is 5.61. The molecule has 1 unspecified atom stereocenters. The number of nitrogens with one attached hydrogen (secondary N) is 1. The minimum absolute atomic E-state index is 0.0295. The molecule has 3 atom stereocenters. The molecule has 2 aliphatic rings. The van der Waals surface area contributed by atoms with Crippen LogP contribution in [-0.4, -0.2) is 60.0 Å². The maximum Gasteiger partial charge on any atom is 0.266 e. The van der Waals surface area contributed by atoms with E-state index >= 15 is 0 Å². The fourth-order valence-electron chi connectivity index (χ4n) is 4.89. The Bertz CT molecular complexity index is 908. The molecule has 3 heterocycles. The van der Waals surface area contributed by atoms with Gasteiger partial charge in [-0.25, -0.2) is 8.78 Å². The van der Waals surface area contributed by atoms with Gasteiger partial charge in [0.1, 0.15) is 5.52 Å². The van der Waals surface area contributed by atoms with Crippen LogP contribution in [0.4, 0.5) is 14.5 Å². The number of carbonyl (C=O) groups is 1. The number of halogens is 2. The molecule has 8 heteroatoms. The molecule has 4 rings (SSSR count). The first-order chi connectivity index (χ1) is 14.4. The van der Waals surface area contributed by atoms with Crippen molar-refractivity contribution in [2.24, 2.45) is 11.8 Å². The zero-order chi connectivity index (χ0) is 21.3. The van der Waals surface area contributed by atoms with Crippen LogP contribution in [0.15, 0.2) is 24.5 Å². The Morgan fingerprint density at radius 1 is 1.20 bits per heavy atom. The number of nitrogens with zero attached hydrogens (tertiary/aromatic N) is 4. The smallest absolute Gasteiger partial charge is 0.266 e. The highest BCUT2D eigenvalue weighted by atomic mass is 19.3. The quantitative estimate of drug-likeness (QED) is 0.809. The monoisotopic (exact) mass is 417 g/mol. The van der Waals surface area contributed by atoms with E-state index in [0.717, 1.165) is 38.2 Å². The van der Waals surface area contributed by atoms with E-state index in [1.807, 2.05) is 0 Å². The zero-order valence-corrected chi connectivity index (χ0v) is 17.5. The van der Waals surface area contributed by atoms with Crippen molar-refractivity contribution in [1.82, 2.24) is 20.2 Å². The number of anilines is 1. The van der Waals surface area contributed by atoms with E-state index in [1.54, 1.807) is 6.07 Å². The maximum absolute atomic E-state index is 13.4. The number of likely N-dealkylation sites (tertiary alicyclic amines) is 1. The van der Waals surface area contributed by atoms with E-state index in [-0.39, 0.29) is 23.0 Å². The van der Waals surface area contributed by atoms with Gasteiger partial charge in [0.2, 0.25) is 5.91 Å². The van der Waals surface area contributed by atoms with Gasteiger partial charge in [-0.15, -0.1) is 0 Å². The summed E-state index contributed by atoms with van der Waals surface area (Å²) in [7, 11) is 2.09. The van der Waals surface area contributed by atoms with E-state index in [4.69, 9.17) is 0 Å². The van der Waals surface area contributed by atoms with Gasteiger partial charge in [-0.1, -0.05) is 6.92 Å². The summed E-state index contributed by atoms with van der Waals surface area (Å²) in [6, 6.07) is 3.19. The van der Waals surface area contributed by atoms with Crippen molar-refractivity contribution in [1.29, 1.82) is 0 Å². The second-order valence-corrected chi connectivity index (χ2v) is 8.86. The number of amides is 1. The van der Waals surface area contributed by atoms with Crippen LogP contribution in [0.2, 0.25) is 0 Å². The number of piperidine rings is 1. The minimum Gasteiger partial charge on any atom is -0.367 e. The van der Waals surface area contributed by atoms with Crippen molar-refractivity contribution in [3.05, 3.63) is 30.1 Å². The fraction of sp³-hybridized carbons (Fsp3) is 0.591. The molecule has 0 saturated carbocycles. The first-order valence-corrected chi connectivity index (χ1v) is 10.6. The minimum atomic E-state index is -2.60. The molecular formula is C22H29F2N5O. The number of alkyl halides is 2. The number of hydrogen-bond donors (Lipinski definition) is 1. The standard InChI is InChI=1S/C22H29F2N5O/c1-14-9-16(27-19(30)10-15-5-8-28(2)12-15)13-29(11-14)18-4-3-17(22(23)24)20-21(18)26-7-6-25-20/h3-4,6-7,14-16,22H,5,8-13H2,1-2H3,(H,27,30)/t14-,15?,16+/m0/s1. The SMILES string of the molecule is C[C@H]1C[C@@H](NC(=O)CC2CCN(C)C2)CN(c2ccc(C(F)F)c3nccnc23)C1. The average molecular weight is 418 g/mol. The van der Waals surface area contributed by atoms with Crippen LogP contribution in [-0.2, 0) is 4.79 Å². The topological polar surface area (TPSA) is 61.4 Å². The summed E-state index contributed by atoms with van der Waals surface area (Å²) in [5.41, 5.74) is 1.43. The predicted octanol–water partition coefficient (Wildman–Crippen LogP) is 3.24. The van der Waals surface area contributed by atoms with Crippen molar-refractivity contribution in [3.63, 3.8) is 0 Å². The first-order valence-electron chi connectivity index (χ1n) is 10.6. The molecule has 2 saturated heterocycles. The highest BCUT2D eigenvalue weighted by Gasteiger charge is 2.29. The van der Waals surface area contributed by atoms with Crippen LogP contribution in [0.1, 0.15) is 38.2 Å². The van der Waals surface area contributed by atoms with Gasteiger partial charge in [-0.05, 0) is 50.4 Å². The lowest BCUT2D eigenvalue weighted by atomic mass is 9.94.